The molecule has 1 aromatic heterocycles. The van der Waals surface area contributed by atoms with Crippen LogP contribution in [0.2, 0.25) is 0 Å². The van der Waals surface area contributed by atoms with E-state index in [9.17, 15) is 8.42 Å². The summed E-state index contributed by atoms with van der Waals surface area (Å²) in [6, 6.07) is 9.69. The molecule has 28 heavy (non-hydrogen) atoms. The minimum atomic E-state index is -2.33. The molecule has 0 amide bonds. The van der Waals surface area contributed by atoms with E-state index < -0.39 is 16.0 Å². The zero-order valence-electron chi connectivity index (χ0n) is 15.9. The molecular formula is C20H22N4O3S. The number of benzene rings is 1. The fourth-order valence-electron chi connectivity index (χ4n) is 3.74. The highest BCUT2D eigenvalue weighted by molar-refractivity contribution is 7.73. The van der Waals surface area contributed by atoms with Gasteiger partial charge in [-0.25, -0.2) is 0 Å². The molecule has 1 fully saturated rings. The number of aromatic nitrogens is 1. The van der Waals surface area contributed by atoms with E-state index >= 15 is 0 Å². The Morgan fingerprint density at radius 1 is 1.21 bits per heavy atom. The van der Waals surface area contributed by atoms with Crippen LogP contribution in [-0.4, -0.2) is 43.8 Å². The third-order valence-electron chi connectivity index (χ3n) is 5.07. The van der Waals surface area contributed by atoms with Crippen LogP contribution in [0.4, 0.5) is 5.69 Å². The van der Waals surface area contributed by atoms with Crippen molar-refractivity contribution in [3.63, 3.8) is 0 Å². The van der Waals surface area contributed by atoms with Gasteiger partial charge in [-0.15, -0.1) is 0 Å². The Morgan fingerprint density at radius 3 is 2.61 bits per heavy atom. The van der Waals surface area contributed by atoms with Crippen LogP contribution in [0.1, 0.15) is 25.3 Å². The minimum Gasteiger partial charge on any atom is -0.371 e. The molecular weight excluding hydrogens is 376 g/mol. The van der Waals surface area contributed by atoms with E-state index in [-0.39, 0.29) is 11.1 Å². The highest BCUT2D eigenvalue weighted by Gasteiger charge is 2.28. The van der Waals surface area contributed by atoms with E-state index in [2.05, 4.69) is 4.98 Å². The highest BCUT2D eigenvalue weighted by atomic mass is 32.2. The molecule has 0 bridgehead atoms. The first-order chi connectivity index (χ1) is 13.5. The van der Waals surface area contributed by atoms with E-state index in [1.165, 1.54) is 0 Å². The second-order valence-corrected chi connectivity index (χ2v) is 8.17. The van der Waals surface area contributed by atoms with Crippen LogP contribution < -0.4 is 15.6 Å². The zero-order chi connectivity index (χ0) is 19.7. The van der Waals surface area contributed by atoms with Crippen LogP contribution in [0.25, 0.3) is 0 Å². The van der Waals surface area contributed by atoms with Crippen LogP contribution >= 0.6 is 0 Å². The Balaban J connectivity index is 1.54. The van der Waals surface area contributed by atoms with Gasteiger partial charge in [0.25, 0.3) is 0 Å². The molecule has 2 unspecified atom stereocenters. The summed E-state index contributed by atoms with van der Waals surface area (Å²) in [6.45, 7) is 2.60. The lowest BCUT2D eigenvalue weighted by molar-refractivity contribution is 0.159. The molecule has 0 radical (unpaired) electrons. The summed E-state index contributed by atoms with van der Waals surface area (Å²) in [7, 11) is -0.572. The maximum atomic E-state index is 11.8. The summed E-state index contributed by atoms with van der Waals surface area (Å²) in [6.07, 6.45) is 5.33. The predicted molar refractivity (Wildman–Crippen MR) is 106 cm³/mol. The molecule has 0 N–H and O–H groups in total. The molecule has 2 atom stereocenters. The fraction of sp³-hybridized carbons (Fsp3) is 0.400. The van der Waals surface area contributed by atoms with Crippen molar-refractivity contribution in [2.45, 2.75) is 38.0 Å². The van der Waals surface area contributed by atoms with E-state index in [0.29, 0.717) is 13.0 Å². The van der Waals surface area contributed by atoms with Gasteiger partial charge in [-0.3, -0.25) is 15.0 Å². The largest absolute Gasteiger partial charge is 0.371 e. The van der Waals surface area contributed by atoms with E-state index in [0.717, 1.165) is 34.8 Å². The summed E-state index contributed by atoms with van der Waals surface area (Å²) < 4.78 is 29.1. The maximum absolute atomic E-state index is 11.8. The number of hydrogen-bond acceptors (Lipinski definition) is 6. The average Bonchev–Trinajstić information content (AvgIpc) is 3.29. The lowest BCUT2D eigenvalue weighted by atomic mass is 10.0. The topological polar surface area (TPSA) is 84.2 Å². The number of hydrogen-bond donors (Lipinski definition) is 0. The van der Waals surface area contributed by atoms with Crippen LogP contribution in [0.3, 0.4) is 0 Å². The van der Waals surface area contributed by atoms with Crippen molar-refractivity contribution in [1.82, 2.24) is 4.98 Å². The molecule has 2 aliphatic heterocycles. The van der Waals surface area contributed by atoms with Gasteiger partial charge in [0.05, 0.1) is 11.6 Å². The van der Waals surface area contributed by atoms with Crippen molar-refractivity contribution >= 4 is 21.0 Å². The molecule has 8 heteroatoms. The van der Waals surface area contributed by atoms with Crippen molar-refractivity contribution in [2.75, 3.05) is 18.6 Å². The number of likely N-dealkylation sites (N-methyl/N-ethyl adjacent to an activating group) is 1. The van der Waals surface area contributed by atoms with Crippen molar-refractivity contribution in [3.8, 4) is 0 Å². The summed E-state index contributed by atoms with van der Waals surface area (Å²) in [5, 5.41) is 1.68. The van der Waals surface area contributed by atoms with E-state index in [4.69, 9.17) is 14.7 Å². The Kier molecular flexibility index (Phi) is 4.99. The van der Waals surface area contributed by atoms with E-state index in [1.54, 1.807) is 24.3 Å². The summed E-state index contributed by atoms with van der Waals surface area (Å²) >= 11 is 0. The number of nitrogens with zero attached hydrogens (tertiary/aromatic N) is 4. The molecule has 4 rings (SSSR count). The monoisotopic (exact) mass is 398 g/mol. The summed E-state index contributed by atoms with van der Waals surface area (Å²) in [4.78, 5) is 15.5. The third kappa shape index (κ3) is 3.70. The van der Waals surface area contributed by atoms with Crippen LogP contribution in [-0.2, 0) is 21.5 Å². The van der Waals surface area contributed by atoms with Gasteiger partial charge >= 0.3 is 0 Å². The Bertz CT molecular complexity index is 1090. The lowest BCUT2D eigenvalue weighted by Gasteiger charge is -2.24. The zero-order valence-corrected chi connectivity index (χ0v) is 16.7. The van der Waals surface area contributed by atoms with Gasteiger partial charge in [-0.2, -0.15) is 8.42 Å². The van der Waals surface area contributed by atoms with Crippen molar-refractivity contribution in [3.05, 3.63) is 59.0 Å². The van der Waals surface area contributed by atoms with Crippen LogP contribution in [0.5, 0.6) is 0 Å². The van der Waals surface area contributed by atoms with Gasteiger partial charge in [0.15, 0.2) is 10.7 Å². The normalized spacial score (nSPS) is 22.9. The second kappa shape index (κ2) is 7.44. The lowest BCUT2D eigenvalue weighted by Crippen LogP contribution is -2.37. The third-order valence-corrected chi connectivity index (χ3v) is 5.95. The standard InChI is InChI=1S/C20H22N4O3S/c1-20(22-16-9-10-21-13-17(16)23-20)12-14-5-7-15(8-6-14)24(2)19(28(25)26)18-4-3-11-27-18/h5-10,13,18H,3-4,11-12H2,1-2H3. The Labute approximate surface area is 165 Å². The SMILES string of the molecule is CN(C(C1CCCO1)=S(=O)=O)c1ccc(CC2(C)N=c3ccncc3=N2)cc1. The van der Waals surface area contributed by atoms with Gasteiger partial charge in [0.1, 0.15) is 11.5 Å². The minimum absolute atomic E-state index is 0.279. The smallest absolute Gasteiger partial charge is 0.236 e. The number of pyridine rings is 1. The molecule has 146 valence electrons. The van der Waals surface area contributed by atoms with Crippen molar-refractivity contribution < 1.29 is 13.2 Å². The second-order valence-electron chi connectivity index (χ2n) is 7.28. The van der Waals surface area contributed by atoms with Crippen LogP contribution in [0.15, 0.2) is 52.7 Å². The van der Waals surface area contributed by atoms with Crippen LogP contribution in [0, 0.1) is 0 Å². The van der Waals surface area contributed by atoms with Crippen molar-refractivity contribution in [1.29, 1.82) is 0 Å². The average molecular weight is 398 g/mol. The molecule has 0 saturated carbocycles. The van der Waals surface area contributed by atoms with Gasteiger partial charge in [0, 0.05) is 32.0 Å². The number of anilines is 1. The fourth-order valence-corrected chi connectivity index (χ4v) is 4.47. The molecule has 2 aliphatic rings. The molecule has 3 heterocycles. The molecule has 0 aliphatic carbocycles. The van der Waals surface area contributed by atoms with E-state index in [1.807, 2.05) is 37.3 Å². The molecule has 7 nitrogen and oxygen atoms in total. The number of fused-ring (bicyclic) bond motifs is 1. The summed E-state index contributed by atoms with van der Waals surface area (Å²) in [5.41, 5.74) is 1.33. The van der Waals surface area contributed by atoms with Gasteiger partial charge in [0.2, 0.25) is 10.3 Å². The number of ether oxygens (including phenoxy) is 1. The highest BCUT2D eigenvalue weighted by Crippen LogP contribution is 2.24. The first-order valence-corrected chi connectivity index (χ1v) is 10.3. The van der Waals surface area contributed by atoms with Crippen molar-refractivity contribution in [2.24, 2.45) is 9.98 Å². The quantitative estimate of drug-likeness (QED) is 0.715. The first kappa shape index (κ1) is 18.8. The predicted octanol–water partition coefficient (Wildman–Crippen LogP) is 0.917. The Hall–Kier alpha value is -2.58. The first-order valence-electron chi connectivity index (χ1n) is 9.25. The molecule has 2 aromatic rings. The van der Waals surface area contributed by atoms with Gasteiger partial charge < -0.3 is 9.64 Å². The molecule has 1 saturated heterocycles. The summed E-state index contributed by atoms with van der Waals surface area (Å²) in [5.74, 6) is 0. The molecule has 1 aromatic carbocycles. The Morgan fingerprint density at radius 2 is 1.96 bits per heavy atom. The number of rotatable bonds is 4. The van der Waals surface area contributed by atoms with Gasteiger partial charge in [-0.05, 0) is 43.5 Å². The molecule has 0 spiro atoms. The maximum Gasteiger partial charge on any atom is 0.236 e. The van der Waals surface area contributed by atoms with Gasteiger partial charge in [-0.1, -0.05) is 12.1 Å².